The van der Waals surface area contributed by atoms with E-state index < -0.39 is 0 Å². The molecule has 1 heterocycles. The van der Waals surface area contributed by atoms with Gasteiger partial charge in [0.15, 0.2) is 0 Å². The maximum Gasteiger partial charge on any atom is 0.0221 e. The molecule has 1 fully saturated rings. The Morgan fingerprint density at radius 3 is 2.79 bits per heavy atom. The van der Waals surface area contributed by atoms with Crippen LogP contribution < -0.4 is 5.73 Å². The maximum absolute atomic E-state index is 5.94. The van der Waals surface area contributed by atoms with E-state index in [1.54, 1.807) is 0 Å². The molecule has 0 aliphatic carbocycles. The van der Waals surface area contributed by atoms with E-state index in [0.29, 0.717) is 6.04 Å². The minimum atomic E-state index is 0.607. The number of nitrogens with two attached hydrogens (primary N) is 1. The third kappa shape index (κ3) is 4.51. The molecule has 2 rings (SSSR count). The van der Waals surface area contributed by atoms with E-state index in [4.69, 9.17) is 5.73 Å². The van der Waals surface area contributed by atoms with Gasteiger partial charge in [-0.15, -0.1) is 11.8 Å². The van der Waals surface area contributed by atoms with E-state index in [2.05, 4.69) is 42.2 Å². The van der Waals surface area contributed by atoms with Gasteiger partial charge in [-0.25, -0.2) is 0 Å². The fourth-order valence-electron chi connectivity index (χ4n) is 2.89. The van der Waals surface area contributed by atoms with Crippen molar-refractivity contribution >= 4 is 11.8 Å². The Morgan fingerprint density at radius 2 is 2.11 bits per heavy atom. The molecule has 1 aliphatic rings. The Labute approximate surface area is 121 Å². The Balaban J connectivity index is 1.76. The van der Waals surface area contributed by atoms with Gasteiger partial charge in [-0.05, 0) is 37.4 Å². The zero-order chi connectivity index (χ0) is 13.5. The average molecular weight is 278 g/mol. The fourth-order valence-corrected chi connectivity index (χ4v) is 3.80. The van der Waals surface area contributed by atoms with Crippen LogP contribution in [0.5, 0.6) is 0 Å². The van der Waals surface area contributed by atoms with Gasteiger partial charge in [0.05, 0.1) is 0 Å². The highest BCUT2D eigenvalue weighted by Crippen LogP contribution is 2.25. The van der Waals surface area contributed by atoms with E-state index in [1.165, 1.54) is 30.7 Å². The minimum Gasteiger partial charge on any atom is -0.329 e. The van der Waals surface area contributed by atoms with Crippen LogP contribution in [0, 0.1) is 5.92 Å². The summed E-state index contributed by atoms with van der Waals surface area (Å²) < 4.78 is 0. The molecule has 0 radical (unpaired) electrons. The van der Waals surface area contributed by atoms with Crippen LogP contribution in [-0.2, 0) is 0 Å². The molecule has 19 heavy (non-hydrogen) atoms. The zero-order valence-corrected chi connectivity index (χ0v) is 12.7. The molecule has 0 spiro atoms. The van der Waals surface area contributed by atoms with Gasteiger partial charge in [0, 0.05) is 29.8 Å². The van der Waals surface area contributed by atoms with Gasteiger partial charge in [0.1, 0.15) is 0 Å². The van der Waals surface area contributed by atoms with Crippen LogP contribution in [0.15, 0.2) is 35.2 Å². The molecule has 2 unspecified atom stereocenters. The average Bonchev–Trinajstić information content (AvgIpc) is 2.48. The summed E-state index contributed by atoms with van der Waals surface area (Å²) in [5.74, 6) is 2.06. The second kappa shape index (κ2) is 7.93. The lowest BCUT2D eigenvalue weighted by Gasteiger charge is -2.38. The molecule has 2 nitrogen and oxygen atoms in total. The van der Waals surface area contributed by atoms with Crippen LogP contribution in [0.4, 0.5) is 0 Å². The summed E-state index contributed by atoms with van der Waals surface area (Å²) in [6.45, 7) is 5.51. The minimum absolute atomic E-state index is 0.607. The fraction of sp³-hybridized carbons (Fsp3) is 0.625. The van der Waals surface area contributed by atoms with Crippen molar-refractivity contribution in [2.45, 2.75) is 37.1 Å². The molecule has 1 aromatic carbocycles. The topological polar surface area (TPSA) is 29.3 Å². The molecule has 0 bridgehead atoms. The highest BCUT2D eigenvalue weighted by atomic mass is 32.2. The molecule has 0 saturated carbocycles. The lowest BCUT2D eigenvalue weighted by Crippen LogP contribution is -2.47. The van der Waals surface area contributed by atoms with E-state index in [9.17, 15) is 0 Å². The van der Waals surface area contributed by atoms with E-state index >= 15 is 0 Å². The van der Waals surface area contributed by atoms with E-state index in [0.717, 1.165) is 24.8 Å². The molecule has 0 amide bonds. The highest BCUT2D eigenvalue weighted by molar-refractivity contribution is 7.99. The van der Waals surface area contributed by atoms with Crippen LogP contribution in [0.2, 0.25) is 0 Å². The van der Waals surface area contributed by atoms with E-state index in [1.807, 2.05) is 11.8 Å². The first kappa shape index (κ1) is 14.9. The van der Waals surface area contributed by atoms with Crippen molar-refractivity contribution in [1.29, 1.82) is 0 Å². The largest absolute Gasteiger partial charge is 0.329 e. The SMILES string of the molecule is CCC1CCN(CCSc2ccccc2)C(CN)C1. The first-order chi connectivity index (χ1) is 9.33. The molecule has 2 N–H and O–H groups in total. The van der Waals surface area contributed by atoms with E-state index in [-0.39, 0.29) is 0 Å². The maximum atomic E-state index is 5.94. The van der Waals surface area contributed by atoms with Crippen molar-refractivity contribution in [3.63, 3.8) is 0 Å². The first-order valence-electron chi connectivity index (χ1n) is 7.45. The number of piperidine rings is 1. The lowest BCUT2D eigenvalue weighted by molar-refractivity contribution is 0.122. The molecule has 2 atom stereocenters. The van der Waals surface area contributed by atoms with Crippen LogP contribution in [0.3, 0.4) is 0 Å². The number of thioether (sulfide) groups is 1. The summed E-state index contributed by atoms with van der Waals surface area (Å²) in [5, 5.41) is 0. The predicted molar refractivity (Wildman–Crippen MR) is 84.6 cm³/mol. The van der Waals surface area contributed by atoms with Crippen molar-refractivity contribution in [2.24, 2.45) is 11.7 Å². The molecular weight excluding hydrogens is 252 g/mol. The molecule has 1 aliphatic heterocycles. The molecule has 0 aromatic heterocycles. The molecular formula is C16H26N2S. The molecule has 1 aromatic rings. The molecule has 3 heteroatoms. The van der Waals surface area contributed by atoms with Crippen molar-refractivity contribution < 1.29 is 0 Å². The van der Waals surface area contributed by atoms with Crippen molar-refractivity contribution in [3.8, 4) is 0 Å². The predicted octanol–water partition coefficient (Wildman–Crippen LogP) is 3.23. The standard InChI is InChI=1S/C16H26N2S/c1-2-14-8-9-18(15(12-14)13-17)10-11-19-16-6-4-3-5-7-16/h3-7,14-15H,2,8-13,17H2,1H3. The molecule has 106 valence electrons. The van der Waals surface area contributed by atoms with Crippen LogP contribution in [-0.4, -0.2) is 36.3 Å². The summed E-state index contributed by atoms with van der Waals surface area (Å²) in [7, 11) is 0. The van der Waals surface area contributed by atoms with Crippen LogP contribution in [0.1, 0.15) is 26.2 Å². The van der Waals surface area contributed by atoms with Crippen LogP contribution in [0.25, 0.3) is 0 Å². The number of hydrogen-bond acceptors (Lipinski definition) is 3. The summed E-state index contributed by atoms with van der Waals surface area (Å²) in [4.78, 5) is 3.97. The zero-order valence-electron chi connectivity index (χ0n) is 11.9. The number of benzene rings is 1. The number of likely N-dealkylation sites (tertiary alicyclic amines) is 1. The summed E-state index contributed by atoms with van der Waals surface area (Å²) in [5.41, 5.74) is 5.94. The first-order valence-corrected chi connectivity index (χ1v) is 8.44. The van der Waals surface area contributed by atoms with Gasteiger partial charge in [0.2, 0.25) is 0 Å². The third-order valence-electron chi connectivity index (χ3n) is 4.19. The Hall–Kier alpha value is -0.510. The monoisotopic (exact) mass is 278 g/mol. The van der Waals surface area contributed by atoms with Gasteiger partial charge in [-0.2, -0.15) is 0 Å². The van der Waals surface area contributed by atoms with Gasteiger partial charge in [0.25, 0.3) is 0 Å². The number of nitrogens with zero attached hydrogens (tertiary/aromatic N) is 1. The number of rotatable bonds is 6. The van der Waals surface area contributed by atoms with Crippen molar-refractivity contribution in [2.75, 3.05) is 25.4 Å². The van der Waals surface area contributed by atoms with Gasteiger partial charge in [-0.3, -0.25) is 4.90 Å². The quantitative estimate of drug-likeness (QED) is 0.810. The van der Waals surface area contributed by atoms with Crippen molar-refractivity contribution in [3.05, 3.63) is 30.3 Å². The third-order valence-corrected chi connectivity index (χ3v) is 5.18. The number of hydrogen-bond donors (Lipinski definition) is 1. The van der Waals surface area contributed by atoms with Gasteiger partial charge in [-0.1, -0.05) is 31.5 Å². The summed E-state index contributed by atoms with van der Waals surface area (Å²) in [6.07, 6.45) is 3.95. The van der Waals surface area contributed by atoms with Gasteiger partial charge < -0.3 is 5.73 Å². The van der Waals surface area contributed by atoms with Crippen LogP contribution >= 0.6 is 11.8 Å². The normalized spacial score (nSPS) is 24.5. The van der Waals surface area contributed by atoms with Crippen molar-refractivity contribution in [1.82, 2.24) is 4.90 Å². The smallest absolute Gasteiger partial charge is 0.0221 e. The van der Waals surface area contributed by atoms with Gasteiger partial charge >= 0.3 is 0 Å². The second-order valence-electron chi connectivity index (χ2n) is 5.39. The summed E-state index contributed by atoms with van der Waals surface area (Å²) in [6, 6.07) is 11.3. The summed E-state index contributed by atoms with van der Waals surface area (Å²) >= 11 is 1.95. The lowest BCUT2D eigenvalue weighted by atomic mass is 9.89. The Bertz CT molecular complexity index is 355. The Morgan fingerprint density at radius 1 is 1.32 bits per heavy atom. The molecule has 1 saturated heterocycles. The second-order valence-corrected chi connectivity index (χ2v) is 6.55. The Kier molecular flexibility index (Phi) is 6.21. The highest BCUT2D eigenvalue weighted by Gasteiger charge is 2.25.